The van der Waals surface area contributed by atoms with E-state index in [0.29, 0.717) is 28.8 Å². The highest BCUT2D eigenvalue weighted by Crippen LogP contribution is 2.29. The predicted molar refractivity (Wildman–Crippen MR) is 115 cm³/mol. The van der Waals surface area contributed by atoms with Crippen molar-refractivity contribution in [1.29, 1.82) is 5.26 Å². The van der Waals surface area contributed by atoms with Gasteiger partial charge in [0, 0.05) is 17.6 Å². The van der Waals surface area contributed by atoms with Gasteiger partial charge in [0.05, 0.1) is 23.1 Å². The maximum Gasteiger partial charge on any atom is 0.284 e. The molecule has 0 bridgehead atoms. The zero-order chi connectivity index (χ0) is 22.8. The van der Waals surface area contributed by atoms with Crippen LogP contribution in [-0.4, -0.2) is 27.3 Å². The number of carbonyl (C=O) groups excluding carboxylic acids is 1. The number of ether oxygens (including phenoxy) is 1. The molecule has 0 radical (unpaired) electrons. The van der Waals surface area contributed by atoms with Crippen molar-refractivity contribution in [3.05, 3.63) is 58.6 Å². The number of benzene rings is 1. The lowest BCUT2D eigenvalue weighted by molar-refractivity contribution is -0.114. The van der Waals surface area contributed by atoms with E-state index >= 15 is 0 Å². The lowest BCUT2D eigenvalue weighted by Gasteiger charge is -2.23. The number of pyridine rings is 1. The van der Waals surface area contributed by atoms with Crippen molar-refractivity contribution in [3.63, 3.8) is 0 Å². The molecule has 1 atom stereocenters. The first kappa shape index (κ1) is 21.6. The van der Waals surface area contributed by atoms with Gasteiger partial charge in [0.2, 0.25) is 0 Å². The van der Waals surface area contributed by atoms with Crippen LogP contribution in [0.15, 0.2) is 30.2 Å². The third-order valence-electron chi connectivity index (χ3n) is 5.48. The van der Waals surface area contributed by atoms with Crippen molar-refractivity contribution in [2.24, 2.45) is 0 Å². The fourth-order valence-corrected chi connectivity index (χ4v) is 3.74. The minimum absolute atomic E-state index is 0.139. The summed E-state index contributed by atoms with van der Waals surface area (Å²) in [4.78, 5) is 16.2. The van der Waals surface area contributed by atoms with Gasteiger partial charge in [-0.25, -0.2) is 13.5 Å². The van der Waals surface area contributed by atoms with Crippen molar-refractivity contribution in [2.45, 2.75) is 39.3 Å². The third kappa shape index (κ3) is 4.09. The number of aryl methyl sites for hydroxylation is 1. The molecule has 1 aliphatic rings. The molecule has 9 heteroatoms. The first-order valence-electron chi connectivity index (χ1n) is 10.2. The molecule has 1 aromatic carbocycles. The maximum absolute atomic E-state index is 14.7. The van der Waals surface area contributed by atoms with Crippen molar-refractivity contribution >= 4 is 28.6 Å². The van der Waals surface area contributed by atoms with E-state index in [-0.39, 0.29) is 23.2 Å². The molecule has 1 amide bonds. The van der Waals surface area contributed by atoms with Gasteiger partial charge in [-0.05, 0) is 56.9 Å². The Labute approximate surface area is 183 Å². The number of halogens is 2. The van der Waals surface area contributed by atoms with Crippen LogP contribution in [0.2, 0.25) is 0 Å². The van der Waals surface area contributed by atoms with Crippen molar-refractivity contribution in [1.82, 2.24) is 14.8 Å². The Hall–Kier alpha value is -3.64. The van der Waals surface area contributed by atoms with E-state index in [0.717, 1.165) is 31.5 Å². The summed E-state index contributed by atoms with van der Waals surface area (Å²) in [5.74, 6) is -2.65. The maximum atomic E-state index is 14.7. The van der Waals surface area contributed by atoms with Crippen LogP contribution in [0.1, 0.15) is 48.0 Å². The van der Waals surface area contributed by atoms with Crippen LogP contribution in [0.5, 0.6) is 0 Å². The molecule has 32 heavy (non-hydrogen) atoms. The molecule has 3 heterocycles. The van der Waals surface area contributed by atoms with Gasteiger partial charge in [0.25, 0.3) is 5.91 Å². The molecule has 1 saturated heterocycles. The largest absolute Gasteiger partial charge is 0.356 e. The second-order valence-corrected chi connectivity index (χ2v) is 7.64. The average molecular weight is 437 g/mol. The van der Waals surface area contributed by atoms with E-state index in [1.54, 1.807) is 29.8 Å². The number of fused-ring (bicyclic) bond motifs is 1. The lowest BCUT2D eigenvalue weighted by atomic mass is 10.1. The molecular formula is C23H21F2N5O2. The first-order chi connectivity index (χ1) is 15.4. The normalized spacial score (nSPS) is 16.7. The van der Waals surface area contributed by atoms with Crippen LogP contribution >= 0.6 is 0 Å². The fraction of sp³-hybridized carbons (Fsp3) is 0.304. The zero-order valence-electron chi connectivity index (χ0n) is 17.7. The molecule has 3 aromatic rings. The smallest absolute Gasteiger partial charge is 0.284 e. The number of aromatic nitrogens is 3. The number of hydrogen-bond donors (Lipinski definition) is 1. The molecule has 0 saturated carbocycles. The van der Waals surface area contributed by atoms with Gasteiger partial charge in [-0.2, -0.15) is 10.4 Å². The van der Waals surface area contributed by atoms with E-state index < -0.39 is 17.6 Å². The predicted octanol–water partition coefficient (Wildman–Crippen LogP) is 4.71. The number of nitriles is 1. The third-order valence-corrected chi connectivity index (χ3v) is 5.48. The Kier molecular flexibility index (Phi) is 5.97. The summed E-state index contributed by atoms with van der Waals surface area (Å²) in [5.41, 5.74) is 1.99. The molecule has 0 aliphatic carbocycles. The van der Waals surface area contributed by atoms with Crippen LogP contribution in [0.4, 0.5) is 14.5 Å². The molecule has 1 N–H and O–H groups in total. The second kappa shape index (κ2) is 8.85. The van der Waals surface area contributed by atoms with E-state index in [1.165, 1.54) is 6.92 Å². The highest BCUT2D eigenvalue weighted by molar-refractivity contribution is 6.05. The monoisotopic (exact) mass is 437 g/mol. The van der Waals surface area contributed by atoms with Crippen LogP contribution in [-0.2, 0) is 9.53 Å². The van der Waals surface area contributed by atoms with Gasteiger partial charge < -0.3 is 10.1 Å². The summed E-state index contributed by atoms with van der Waals surface area (Å²) in [6, 6.07) is 7.00. The van der Waals surface area contributed by atoms with Gasteiger partial charge in [-0.1, -0.05) is 6.07 Å². The average Bonchev–Trinajstić information content (AvgIpc) is 3.17. The van der Waals surface area contributed by atoms with Gasteiger partial charge in [-0.3, -0.25) is 9.78 Å². The van der Waals surface area contributed by atoms with Gasteiger partial charge in [0.15, 0.2) is 17.7 Å². The molecular weight excluding hydrogens is 416 g/mol. The number of hydrogen-bond acceptors (Lipinski definition) is 5. The molecule has 1 aliphatic heterocycles. The van der Waals surface area contributed by atoms with Gasteiger partial charge in [-0.15, -0.1) is 0 Å². The summed E-state index contributed by atoms with van der Waals surface area (Å²) in [7, 11) is 0. The van der Waals surface area contributed by atoms with Crippen molar-refractivity contribution in [3.8, 4) is 6.07 Å². The van der Waals surface area contributed by atoms with E-state index in [4.69, 9.17) is 4.74 Å². The Bertz CT molecular complexity index is 1270. The van der Waals surface area contributed by atoms with Crippen molar-refractivity contribution < 1.29 is 18.3 Å². The van der Waals surface area contributed by atoms with E-state index in [2.05, 4.69) is 21.5 Å². The zero-order valence-corrected chi connectivity index (χ0v) is 17.7. The lowest BCUT2D eigenvalue weighted by Crippen LogP contribution is -2.19. The molecule has 0 spiro atoms. The standard InChI is InChI=1S/C23H21F2N5O2/c1-13-18(25)12-27-14(2)22(13)28-23(31)17(24)9-15-6-7-16-19(11-26)29-30(20(16)10-15)21-5-3-4-8-32-21/h6-7,9-10,12,21H,3-5,8H2,1-2H3,(H,28,31)/b17-9-. The Morgan fingerprint density at radius 1 is 1.38 bits per heavy atom. The number of amides is 1. The fourth-order valence-electron chi connectivity index (χ4n) is 3.74. The molecule has 4 rings (SSSR count). The summed E-state index contributed by atoms with van der Waals surface area (Å²) >= 11 is 0. The van der Waals surface area contributed by atoms with Crippen LogP contribution < -0.4 is 5.32 Å². The van der Waals surface area contributed by atoms with Crippen LogP contribution in [0, 0.1) is 31.0 Å². The topological polar surface area (TPSA) is 92.8 Å². The molecule has 164 valence electrons. The summed E-state index contributed by atoms with van der Waals surface area (Å²) < 4.78 is 35.9. The molecule has 2 aromatic heterocycles. The first-order valence-corrected chi connectivity index (χ1v) is 10.2. The van der Waals surface area contributed by atoms with Crippen LogP contribution in [0.3, 0.4) is 0 Å². The highest BCUT2D eigenvalue weighted by Gasteiger charge is 2.21. The minimum Gasteiger partial charge on any atom is -0.356 e. The number of carbonyl (C=O) groups is 1. The number of nitrogens with one attached hydrogen (secondary N) is 1. The van der Waals surface area contributed by atoms with Crippen LogP contribution in [0.25, 0.3) is 17.0 Å². The summed E-state index contributed by atoms with van der Waals surface area (Å²) in [5, 5.41) is 16.8. The number of rotatable bonds is 4. The highest BCUT2D eigenvalue weighted by atomic mass is 19.1. The minimum atomic E-state index is -1.05. The summed E-state index contributed by atoms with van der Waals surface area (Å²) in [6.45, 7) is 3.69. The second-order valence-electron chi connectivity index (χ2n) is 7.64. The molecule has 1 unspecified atom stereocenters. The van der Waals surface area contributed by atoms with Gasteiger partial charge >= 0.3 is 0 Å². The summed E-state index contributed by atoms with van der Waals surface area (Å²) in [6.07, 6.45) is 4.55. The Balaban J connectivity index is 1.65. The number of anilines is 1. The number of nitrogens with zero attached hydrogens (tertiary/aromatic N) is 4. The molecule has 7 nitrogen and oxygen atoms in total. The SMILES string of the molecule is Cc1ncc(F)c(C)c1NC(=O)/C(F)=C/c1ccc2c(C#N)nn(C3CCCCO3)c2c1. The van der Waals surface area contributed by atoms with Gasteiger partial charge in [0.1, 0.15) is 11.9 Å². The van der Waals surface area contributed by atoms with E-state index in [1.807, 2.05) is 0 Å². The van der Waals surface area contributed by atoms with E-state index in [9.17, 15) is 18.8 Å². The Morgan fingerprint density at radius 2 is 2.19 bits per heavy atom. The Morgan fingerprint density at radius 3 is 2.91 bits per heavy atom. The quantitative estimate of drug-likeness (QED) is 0.597. The van der Waals surface area contributed by atoms with Crippen molar-refractivity contribution in [2.75, 3.05) is 11.9 Å². The molecule has 1 fully saturated rings.